The third-order valence-corrected chi connectivity index (χ3v) is 2.72. The van der Waals surface area contributed by atoms with Crippen LogP contribution in [0.25, 0.3) is 11.1 Å². The van der Waals surface area contributed by atoms with E-state index in [0.717, 1.165) is 0 Å². The third kappa shape index (κ3) is 2.49. The van der Waals surface area contributed by atoms with Crippen molar-refractivity contribution in [2.75, 3.05) is 14.2 Å². The van der Waals surface area contributed by atoms with Crippen molar-refractivity contribution >= 4 is 16.8 Å². The van der Waals surface area contributed by atoms with Gasteiger partial charge in [0.05, 0.1) is 17.0 Å². The Bertz CT molecular complexity index is 655. The minimum absolute atomic E-state index is 0.0833. The largest absolute Gasteiger partial charge is 0.420 e. The lowest BCUT2D eigenvalue weighted by molar-refractivity contribution is -0.384. The molecule has 0 aliphatic carbocycles. The van der Waals surface area contributed by atoms with Gasteiger partial charge in [-0.2, -0.15) is 0 Å². The van der Waals surface area contributed by atoms with Crippen LogP contribution in [0.3, 0.4) is 0 Å². The van der Waals surface area contributed by atoms with Gasteiger partial charge in [0, 0.05) is 26.4 Å². The topological polar surface area (TPSA) is 96.7 Å². The number of rotatable bonds is 5. The SMILES string of the molecule is COC(Cn1c(=O)oc2ccc([N+](=O)[O-])cc21)OC. The molecule has 0 bridgehead atoms. The van der Waals surface area contributed by atoms with E-state index in [9.17, 15) is 14.9 Å². The summed E-state index contributed by atoms with van der Waals surface area (Å²) >= 11 is 0. The lowest BCUT2D eigenvalue weighted by Gasteiger charge is -2.12. The highest BCUT2D eigenvalue weighted by molar-refractivity contribution is 5.75. The summed E-state index contributed by atoms with van der Waals surface area (Å²) in [4.78, 5) is 21.9. The van der Waals surface area contributed by atoms with Gasteiger partial charge >= 0.3 is 5.76 Å². The van der Waals surface area contributed by atoms with E-state index >= 15 is 0 Å². The first-order valence-electron chi connectivity index (χ1n) is 5.40. The summed E-state index contributed by atoms with van der Waals surface area (Å²) in [5, 5.41) is 10.7. The van der Waals surface area contributed by atoms with Crippen molar-refractivity contribution in [3.8, 4) is 0 Å². The monoisotopic (exact) mass is 268 g/mol. The van der Waals surface area contributed by atoms with Gasteiger partial charge in [-0.1, -0.05) is 0 Å². The molecule has 0 aliphatic rings. The second-order valence-electron chi connectivity index (χ2n) is 3.79. The Morgan fingerprint density at radius 3 is 2.68 bits per heavy atom. The molecule has 8 nitrogen and oxygen atoms in total. The molecule has 0 N–H and O–H groups in total. The van der Waals surface area contributed by atoms with Crippen molar-refractivity contribution in [1.29, 1.82) is 0 Å². The predicted octanol–water partition coefficient (Wildman–Crippen LogP) is 1.12. The summed E-state index contributed by atoms with van der Waals surface area (Å²) in [7, 11) is 2.87. The molecule has 1 aromatic heterocycles. The molecule has 0 spiro atoms. The minimum atomic E-state index is -0.641. The van der Waals surface area contributed by atoms with Crippen LogP contribution in [-0.2, 0) is 16.0 Å². The normalized spacial score (nSPS) is 11.3. The first kappa shape index (κ1) is 13.2. The molecular formula is C11H12N2O6. The lowest BCUT2D eigenvalue weighted by atomic mass is 10.3. The van der Waals surface area contributed by atoms with Crippen LogP contribution < -0.4 is 5.76 Å². The number of methoxy groups -OCH3 is 2. The maximum absolute atomic E-state index is 11.7. The number of aromatic nitrogens is 1. The number of oxazole rings is 1. The van der Waals surface area contributed by atoms with Crippen molar-refractivity contribution in [2.24, 2.45) is 0 Å². The molecule has 0 aliphatic heterocycles. The molecule has 1 aromatic carbocycles. The Balaban J connectivity index is 2.52. The quantitative estimate of drug-likeness (QED) is 0.458. The number of hydrogen-bond donors (Lipinski definition) is 0. The molecule has 0 unspecified atom stereocenters. The predicted molar refractivity (Wildman–Crippen MR) is 64.9 cm³/mol. The van der Waals surface area contributed by atoms with Crippen LogP contribution in [0, 0.1) is 10.1 Å². The number of hydrogen-bond acceptors (Lipinski definition) is 6. The van der Waals surface area contributed by atoms with Crippen LogP contribution in [0.1, 0.15) is 0 Å². The van der Waals surface area contributed by atoms with Crippen LogP contribution in [0.15, 0.2) is 27.4 Å². The molecule has 1 heterocycles. The van der Waals surface area contributed by atoms with E-state index < -0.39 is 17.0 Å². The smallest absolute Gasteiger partial charge is 0.408 e. The first-order chi connectivity index (χ1) is 9.06. The highest BCUT2D eigenvalue weighted by atomic mass is 16.7. The van der Waals surface area contributed by atoms with E-state index in [-0.39, 0.29) is 17.8 Å². The summed E-state index contributed by atoms with van der Waals surface area (Å²) in [5.74, 6) is -0.616. The average molecular weight is 268 g/mol. The molecule has 0 saturated carbocycles. The Morgan fingerprint density at radius 2 is 2.11 bits per heavy atom. The fourth-order valence-corrected chi connectivity index (χ4v) is 1.73. The number of nitrogens with zero attached hydrogens (tertiary/aromatic N) is 2. The molecule has 0 atom stereocenters. The van der Waals surface area contributed by atoms with E-state index in [4.69, 9.17) is 13.9 Å². The van der Waals surface area contributed by atoms with E-state index in [1.807, 2.05) is 0 Å². The molecule has 2 rings (SSSR count). The van der Waals surface area contributed by atoms with E-state index in [1.165, 1.54) is 37.0 Å². The number of nitro benzene ring substituents is 1. The van der Waals surface area contributed by atoms with Gasteiger partial charge in [0.15, 0.2) is 11.9 Å². The van der Waals surface area contributed by atoms with Crippen LogP contribution >= 0.6 is 0 Å². The molecule has 0 fully saturated rings. The molecule has 0 saturated heterocycles. The molecule has 2 aromatic rings. The zero-order chi connectivity index (χ0) is 14.0. The summed E-state index contributed by atoms with van der Waals surface area (Å²) in [6.07, 6.45) is -0.641. The fraction of sp³-hybridized carbons (Fsp3) is 0.364. The van der Waals surface area contributed by atoms with Crippen LogP contribution in [0.5, 0.6) is 0 Å². The van der Waals surface area contributed by atoms with Gasteiger partial charge in [0.25, 0.3) is 5.69 Å². The van der Waals surface area contributed by atoms with Crippen molar-refractivity contribution < 1.29 is 18.8 Å². The maximum Gasteiger partial charge on any atom is 0.420 e. The number of fused-ring (bicyclic) bond motifs is 1. The summed E-state index contributed by atoms with van der Waals surface area (Å²) in [6, 6.07) is 3.95. The first-order valence-corrected chi connectivity index (χ1v) is 5.40. The van der Waals surface area contributed by atoms with Gasteiger partial charge in [-0.25, -0.2) is 4.79 Å². The van der Waals surface area contributed by atoms with Gasteiger partial charge in [-0.15, -0.1) is 0 Å². The minimum Gasteiger partial charge on any atom is -0.408 e. The van der Waals surface area contributed by atoms with Gasteiger partial charge in [-0.05, 0) is 6.07 Å². The molecule has 8 heteroatoms. The van der Waals surface area contributed by atoms with E-state index in [2.05, 4.69) is 0 Å². The number of ether oxygens (including phenoxy) is 2. The Kier molecular flexibility index (Phi) is 3.63. The zero-order valence-electron chi connectivity index (χ0n) is 10.4. The summed E-state index contributed by atoms with van der Waals surface area (Å²) < 4.78 is 16.2. The molecule has 19 heavy (non-hydrogen) atoms. The standard InChI is InChI=1S/C11H12N2O6/c1-17-10(18-2)6-12-8-5-7(13(15)16)3-4-9(8)19-11(12)14/h3-5,10H,6H2,1-2H3. The molecule has 0 radical (unpaired) electrons. The maximum atomic E-state index is 11.7. The van der Waals surface area contributed by atoms with Crippen LogP contribution in [-0.4, -0.2) is 30.0 Å². The Morgan fingerprint density at radius 1 is 1.42 bits per heavy atom. The van der Waals surface area contributed by atoms with Crippen LogP contribution in [0.4, 0.5) is 5.69 Å². The summed E-state index contributed by atoms with van der Waals surface area (Å²) in [5.41, 5.74) is 0.494. The highest BCUT2D eigenvalue weighted by Crippen LogP contribution is 2.20. The second-order valence-corrected chi connectivity index (χ2v) is 3.79. The van der Waals surface area contributed by atoms with Crippen molar-refractivity contribution in [3.63, 3.8) is 0 Å². The zero-order valence-corrected chi connectivity index (χ0v) is 10.4. The summed E-state index contributed by atoms with van der Waals surface area (Å²) in [6.45, 7) is 0.0833. The Labute approximate surface area is 107 Å². The van der Waals surface area contributed by atoms with Gasteiger partial charge in [-0.3, -0.25) is 14.7 Å². The fourth-order valence-electron chi connectivity index (χ4n) is 1.73. The molecule has 0 amide bonds. The van der Waals surface area contributed by atoms with Crippen LogP contribution in [0.2, 0.25) is 0 Å². The number of nitro groups is 1. The number of non-ortho nitro benzene ring substituents is 1. The van der Waals surface area contributed by atoms with Crippen molar-refractivity contribution in [2.45, 2.75) is 12.8 Å². The number of benzene rings is 1. The second kappa shape index (κ2) is 5.21. The van der Waals surface area contributed by atoms with Gasteiger partial charge in [0.2, 0.25) is 0 Å². The Hall–Kier alpha value is -2.19. The van der Waals surface area contributed by atoms with Crippen molar-refractivity contribution in [1.82, 2.24) is 4.57 Å². The average Bonchev–Trinajstić information content (AvgIpc) is 2.70. The molecular weight excluding hydrogens is 256 g/mol. The van der Waals surface area contributed by atoms with E-state index in [0.29, 0.717) is 5.52 Å². The van der Waals surface area contributed by atoms with Crippen molar-refractivity contribution in [3.05, 3.63) is 38.9 Å². The van der Waals surface area contributed by atoms with Gasteiger partial charge in [0.1, 0.15) is 0 Å². The molecule has 102 valence electrons. The van der Waals surface area contributed by atoms with Gasteiger partial charge < -0.3 is 13.9 Å². The van der Waals surface area contributed by atoms with E-state index in [1.54, 1.807) is 0 Å². The third-order valence-electron chi connectivity index (χ3n) is 2.72. The highest BCUT2D eigenvalue weighted by Gasteiger charge is 2.17. The lowest BCUT2D eigenvalue weighted by Crippen LogP contribution is -2.26.